The third kappa shape index (κ3) is 14.6. The summed E-state index contributed by atoms with van der Waals surface area (Å²) in [5, 5.41) is 11.3. The fourth-order valence-corrected chi connectivity index (χ4v) is 6.84. The number of nitrogens with two attached hydrogens (primary N) is 7. The van der Waals surface area contributed by atoms with Crippen LogP contribution in [0.25, 0.3) is 42.4 Å². The molecule has 0 spiro atoms. The SMILES string of the molecule is CNCCCOc1cc(OCCCN=C(N)N)cc(-c2ccc3sc4ccc(-c5cc(OCCCN=C(N)N)cc(OCCCN=C(N)N)c5)cc4c3c2)c1.N=CN. The summed E-state index contributed by atoms with van der Waals surface area (Å²) in [4.78, 5) is 12.1. The van der Waals surface area contributed by atoms with E-state index in [0.717, 1.165) is 63.8 Å². The van der Waals surface area contributed by atoms with Crippen molar-refractivity contribution in [2.45, 2.75) is 25.7 Å². The quantitative estimate of drug-likeness (QED) is 0.0272. The molecule has 58 heavy (non-hydrogen) atoms. The summed E-state index contributed by atoms with van der Waals surface area (Å²) in [7, 11) is 1.93. The van der Waals surface area contributed by atoms with Crippen LogP contribution in [-0.2, 0) is 0 Å². The lowest BCUT2D eigenvalue weighted by molar-refractivity contribution is 0.296. The highest BCUT2D eigenvalue weighted by molar-refractivity contribution is 7.25. The summed E-state index contributed by atoms with van der Waals surface area (Å²) in [5.41, 5.74) is 41.3. The monoisotopic (exact) mass is 812 g/mol. The van der Waals surface area contributed by atoms with Gasteiger partial charge < -0.3 is 64.4 Å². The van der Waals surface area contributed by atoms with Crippen molar-refractivity contribution in [1.82, 2.24) is 5.32 Å². The van der Waals surface area contributed by atoms with Gasteiger partial charge in [0.15, 0.2) is 17.9 Å². The molecule has 0 aliphatic rings. The minimum absolute atomic E-state index is 0.0613. The molecular weight excluding hydrogens is 757 g/mol. The molecule has 0 bridgehead atoms. The van der Waals surface area contributed by atoms with Crippen LogP contribution in [0.4, 0.5) is 0 Å². The van der Waals surface area contributed by atoms with Gasteiger partial charge in [0, 0.05) is 71.2 Å². The van der Waals surface area contributed by atoms with Crippen LogP contribution in [0.5, 0.6) is 23.0 Å². The van der Waals surface area contributed by atoms with Crippen LogP contribution in [0, 0.1) is 5.41 Å². The molecule has 0 saturated carbocycles. The Balaban J connectivity index is 0.00000240. The number of hydrogen-bond donors (Lipinski definition) is 9. The van der Waals surface area contributed by atoms with Gasteiger partial charge in [-0.1, -0.05) is 12.1 Å². The van der Waals surface area contributed by atoms with E-state index in [0.29, 0.717) is 76.8 Å². The Hall–Kier alpha value is -6.46. The molecule has 0 unspecified atom stereocenters. The molecule has 0 amide bonds. The Labute approximate surface area is 343 Å². The highest BCUT2D eigenvalue weighted by Crippen LogP contribution is 2.40. The molecular formula is C41H56N12O4S. The van der Waals surface area contributed by atoms with Crippen molar-refractivity contribution in [2.24, 2.45) is 55.1 Å². The van der Waals surface area contributed by atoms with Gasteiger partial charge in [0.2, 0.25) is 0 Å². The molecule has 17 heteroatoms. The number of benzene rings is 4. The molecule has 0 aliphatic carbocycles. The van der Waals surface area contributed by atoms with E-state index in [4.69, 9.17) is 58.8 Å². The van der Waals surface area contributed by atoms with Crippen molar-refractivity contribution in [3.63, 3.8) is 0 Å². The summed E-state index contributed by atoms with van der Waals surface area (Å²) in [6.07, 6.45) is 3.62. The van der Waals surface area contributed by atoms with Crippen molar-refractivity contribution < 1.29 is 18.9 Å². The maximum absolute atomic E-state index is 6.16. The maximum Gasteiger partial charge on any atom is 0.185 e. The Morgan fingerprint density at radius 3 is 1.22 bits per heavy atom. The van der Waals surface area contributed by atoms with E-state index in [1.54, 1.807) is 11.3 Å². The van der Waals surface area contributed by atoms with E-state index in [9.17, 15) is 0 Å². The smallest absolute Gasteiger partial charge is 0.185 e. The normalized spacial score (nSPS) is 10.6. The third-order valence-electron chi connectivity index (χ3n) is 8.33. The molecule has 0 saturated heterocycles. The Morgan fingerprint density at radius 2 is 0.897 bits per heavy atom. The molecule has 1 heterocycles. The van der Waals surface area contributed by atoms with E-state index in [-0.39, 0.29) is 17.9 Å². The van der Waals surface area contributed by atoms with Crippen molar-refractivity contribution in [2.75, 3.05) is 59.7 Å². The average Bonchev–Trinajstić information content (AvgIpc) is 3.56. The van der Waals surface area contributed by atoms with Crippen molar-refractivity contribution >= 4 is 55.7 Å². The van der Waals surface area contributed by atoms with Gasteiger partial charge in [-0.05, 0) is 90.8 Å². The van der Waals surface area contributed by atoms with E-state index in [2.05, 4.69) is 68.5 Å². The maximum atomic E-state index is 6.16. The molecule has 16 N–H and O–H groups in total. The molecule has 4 aromatic carbocycles. The fraction of sp³-hybridized carbons (Fsp3) is 0.317. The fourth-order valence-electron chi connectivity index (χ4n) is 5.77. The molecule has 16 nitrogen and oxygen atoms in total. The van der Waals surface area contributed by atoms with Crippen molar-refractivity contribution in [3.8, 4) is 45.3 Å². The van der Waals surface area contributed by atoms with Crippen LogP contribution in [0.15, 0.2) is 87.8 Å². The summed E-state index contributed by atoms with van der Waals surface area (Å²) < 4.78 is 27.0. The number of thiophene rings is 1. The van der Waals surface area contributed by atoms with Crippen molar-refractivity contribution in [1.29, 1.82) is 5.41 Å². The second-order valence-corrected chi connectivity index (χ2v) is 14.0. The first-order chi connectivity index (χ1) is 28.1. The van der Waals surface area contributed by atoms with Gasteiger partial charge in [-0.15, -0.1) is 11.3 Å². The second kappa shape index (κ2) is 23.6. The zero-order valence-corrected chi connectivity index (χ0v) is 33.7. The van der Waals surface area contributed by atoms with Gasteiger partial charge in [-0.2, -0.15) is 0 Å². The first-order valence-corrected chi connectivity index (χ1v) is 19.7. The zero-order valence-electron chi connectivity index (χ0n) is 32.9. The number of rotatable bonds is 22. The molecule has 310 valence electrons. The molecule has 0 aliphatic heterocycles. The Morgan fingerprint density at radius 1 is 0.552 bits per heavy atom. The van der Waals surface area contributed by atoms with E-state index in [1.165, 1.54) is 9.40 Å². The average molecular weight is 813 g/mol. The second-order valence-electron chi connectivity index (χ2n) is 12.9. The van der Waals surface area contributed by atoms with E-state index >= 15 is 0 Å². The van der Waals surface area contributed by atoms with E-state index < -0.39 is 0 Å². The zero-order chi connectivity index (χ0) is 41.7. The highest BCUT2D eigenvalue weighted by Gasteiger charge is 2.13. The van der Waals surface area contributed by atoms with Crippen LogP contribution < -0.4 is 64.4 Å². The molecule has 5 rings (SSSR count). The van der Waals surface area contributed by atoms with Crippen molar-refractivity contribution in [3.05, 3.63) is 72.8 Å². The minimum atomic E-state index is 0.0613. The summed E-state index contributed by atoms with van der Waals surface area (Å²) in [5.74, 6) is 3.03. The Bertz CT molecular complexity index is 2120. The lowest BCUT2D eigenvalue weighted by atomic mass is 9.99. The topological polar surface area (TPSA) is 292 Å². The lowest BCUT2D eigenvalue weighted by Crippen LogP contribution is -2.23. The van der Waals surface area contributed by atoms with Gasteiger partial charge in [0.25, 0.3) is 0 Å². The lowest BCUT2D eigenvalue weighted by Gasteiger charge is -2.13. The first kappa shape index (κ1) is 44.3. The number of ether oxygens (including phenoxy) is 4. The van der Waals surface area contributed by atoms with Crippen LogP contribution in [0.1, 0.15) is 25.7 Å². The molecule has 0 fully saturated rings. The highest BCUT2D eigenvalue weighted by atomic mass is 32.1. The number of nitrogens with zero attached hydrogens (tertiary/aromatic N) is 3. The van der Waals surface area contributed by atoms with Gasteiger partial charge in [0.1, 0.15) is 23.0 Å². The first-order valence-electron chi connectivity index (χ1n) is 18.9. The molecule has 5 aromatic rings. The van der Waals surface area contributed by atoms with Crippen LogP contribution in [0.2, 0.25) is 0 Å². The van der Waals surface area contributed by atoms with Gasteiger partial charge in [-0.3, -0.25) is 20.4 Å². The van der Waals surface area contributed by atoms with Gasteiger partial charge in [0.05, 0.1) is 32.8 Å². The molecule has 0 radical (unpaired) electrons. The largest absolute Gasteiger partial charge is 0.493 e. The predicted octanol–water partition coefficient (Wildman–Crippen LogP) is 4.06. The summed E-state index contributed by atoms with van der Waals surface area (Å²) >= 11 is 1.76. The van der Waals surface area contributed by atoms with Gasteiger partial charge >= 0.3 is 0 Å². The number of fused-ring (bicyclic) bond motifs is 3. The van der Waals surface area contributed by atoms with Gasteiger partial charge in [-0.25, -0.2) is 0 Å². The molecule has 1 aromatic heterocycles. The number of nitrogens with one attached hydrogen (secondary N) is 2. The number of aliphatic imine (C=N–C) groups is 3. The summed E-state index contributed by atoms with van der Waals surface area (Å²) in [6.45, 7) is 4.23. The summed E-state index contributed by atoms with van der Waals surface area (Å²) in [6, 6.07) is 25.1. The number of hydrogen-bond acceptors (Lipinski definition) is 10. The third-order valence-corrected chi connectivity index (χ3v) is 9.48. The minimum Gasteiger partial charge on any atom is -0.493 e. The predicted molar refractivity (Wildman–Crippen MR) is 240 cm³/mol. The Kier molecular flexibility index (Phi) is 18.0. The van der Waals surface area contributed by atoms with Crippen LogP contribution in [-0.4, -0.2) is 83.9 Å². The molecule has 0 atom stereocenters. The number of guanidine groups is 3. The van der Waals surface area contributed by atoms with E-state index in [1.807, 2.05) is 37.4 Å². The van der Waals surface area contributed by atoms with Crippen LogP contribution in [0.3, 0.4) is 0 Å². The van der Waals surface area contributed by atoms with Crippen LogP contribution >= 0.6 is 11.3 Å². The standard InChI is InChI=1S/C40H52N10O4S.CH4N2/c1-47-10-2-14-51-30-18-28(19-31(24-30)52-15-3-11-48-38(41)42)26-6-8-36-34(22-26)35-23-27(7-9-37(35)55-36)29-20-32(53-16-4-12-49-39(43)44)25-33(21-29)54-17-5-13-50-40(45)46;2-1-3/h6-9,18-25,47H,2-5,10-17H2,1H3,(H4,41,42,48)(H4,43,44,49)(H4,45,46,50);1H,(H3,2,3).